The molecule has 1 rings (SSSR count). The van der Waals surface area contributed by atoms with Crippen LogP contribution in [0.5, 0.6) is 0 Å². The molecule has 7 heteroatoms. The predicted octanol–water partition coefficient (Wildman–Crippen LogP) is 0.274. The average molecular weight is 256 g/mol. The Morgan fingerprint density at radius 3 is 2.39 bits per heavy atom. The van der Waals surface area contributed by atoms with Gasteiger partial charge in [0.25, 0.3) is 0 Å². The van der Waals surface area contributed by atoms with Crippen molar-refractivity contribution in [2.24, 2.45) is 0 Å². The molecule has 0 radical (unpaired) electrons. The van der Waals surface area contributed by atoms with Gasteiger partial charge in [-0.1, -0.05) is 6.08 Å². The molecule has 3 N–H and O–H groups in total. The van der Waals surface area contributed by atoms with Gasteiger partial charge >= 0.3 is 18.0 Å². The van der Waals surface area contributed by atoms with Gasteiger partial charge in [0.1, 0.15) is 6.04 Å². The molecular formula is C11H16N2O5. The predicted molar refractivity (Wildman–Crippen MR) is 62.1 cm³/mol. The van der Waals surface area contributed by atoms with Gasteiger partial charge in [-0.05, 0) is 12.8 Å². The summed E-state index contributed by atoms with van der Waals surface area (Å²) in [4.78, 5) is 34.6. The molecule has 0 unspecified atom stereocenters. The van der Waals surface area contributed by atoms with Crippen molar-refractivity contribution in [3.05, 3.63) is 12.7 Å². The highest BCUT2D eigenvalue weighted by Gasteiger charge is 2.34. The van der Waals surface area contributed by atoms with E-state index in [1.807, 2.05) is 0 Å². The third-order valence-electron chi connectivity index (χ3n) is 2.55. The lowest BCUT2D eigenvalue weighted by atomic mass is 10.2. The monoisotopic (exact) mass is 256 g/mol. The zero-order valence-corrected chi connectivity index (χ0v) is 9.83. The maximum absolute atomic E-state index is 11.8. The summed E-state index contributed by atoms with van der Waals surface area (Å²) in [6, 6.07) is -1.88. The maximum atomic E-state index is 11.8. The third kappa shape index (κ3) is 4.08. The van der Waals surface area contributed by atoms with Crippen LogP contribution in [0.3, 0.4) is 0 Å². The van der Waals surface area contributed by atoms with Crippen molar-refractivity contribution < 1.29 is 24.6 Å². The quantitative estimate of drug-likeness (QED) is 0.567. The fraction of sp³-hybridized carbons (Fsp3) is 0.545. The lowest BCUT2D eigenvalue weighted by molar-refractivity contribution is -0.145. The Balaban J connectivity index is 2.60. The van der Waals surface area contributed by atoms with E-state index in [-0.39, 0.29) is 6.04 Å². The van der Waals surface area contributed by atoms with Crippen LogP contribution in [0.4, 0.5) is 4.79 Å². The number of amides is 2. The zero-order chi connectivity index (χ0) is 13.7. The highest BCUT2D eigenvalue weighted by atomic mass is 16.4. The van der Waals surface area contributed by atoms with Crippen LogP contribution in [0.25, 0.3) is 0 Å². The molecule has 1 aliphatic carbocycles. The first kappa shape index (κ1) is 14.0. The molecule has 100 valence electrons. The summed E-state index contributed by atoms with van der Waals surface area (Å²) in [5, 5.41) is 19.6. The molecule has 0 aliphatic heterocycles. The Hall–Kier alpha value is -2.05. The van der Waals surface area contributed by atoms with Crippen molar-refractivity contribution in [1.29, 1.82) is 0 Å². The van der Waals surface area contributed by atoms with Crippen molar-refractivity contribution in [2.75, 3.05) is 6.54 Å². The summed E-state index contributed by atoms with van der Waals surface area (Å²) < 4.78 is 0. The molecule has 7 nitrogen and oxygen atoms in total. The summed E-state index contributed by atoms with van der Waals surface area (Å²) in [5.74, 6) is -2.63. The van der Waals surface area contributed by atoms with E-state index in [9.17, 15) is 14.4 Å². The SMILES string of the molecule is C=CCN(C(=O)N[C@H](CC(=O)O)C(=O)O)C1CC1. The molecular weight excluding hydrogens is 240 g/mol. The summed E-state index contributed by atoms with van der Waals surface area (Å²) in [5.41, 5.74) is 0. The molecule has 0 aromatic carbocycles. The van der Waals surface area contributed by atoms with Crippen LogP contribution < -0.4 is 5.32 Å². The van der Waals surface area contributed by atoms with Crippen LogP contribution in [0.1, 0.15) is 19.3 Å². The minimum absolute atomic E-state index is 0.0993. The molecule has 0 aromatic rings. The van der Waals surface area contributed by atoms with Crippen LogP contribution in [-0.2, 0) is 9.59 Å². The van der Waals surface area contributed by atoms with Gasteiger partial charge in [-0.15, -0.1) is 6.58 Å². The molecule has 1 aliphatic rings. The van der Waals surface area contributed by atoms with Crippen LogP contribution in [-0.4, -0.2) is 51.7 Å². The molecule has 2 amide bonds. The molecule has 0 saturated heterocycles. The maximum Gasteiger partial charge on any atom is 0.326 e. The highest BCUT2D eigenvalue weighted by molar-refractivity contribution is 5.86. The van der Waals surface area contributed by atoms with Crippen molar-refractivity contribution in [2.45, 2.75) is 31.3 Å². The second kappa shape index (κ2) is 6.04. The van der Waals surface area contributed by atoms with Crippen molar-refractivity contribution in [1.82, 2.24) is 10.2 Å². The van der Waals surface area contributed by atoms with E-state index in [1.54, 1.807) is 6.08 Å². The van der Waals surface area contributed by atoms with Gasteiger partial charge in [0, 0.05) is 12.6 Å². The zero-order valence-electron chi connectivity index (χ0n) is 9.83. The second-order valence-corrected chi connectivity index (χ2v) is 4.11. The number of carboxylic acids is 2. The summed E-state index contributed by atoms with van der Waals surface area (Å²) >= 11 is 0. The third-order valence-corrected chi connectivity index (χ3v) is 2.55. The number of carbonyl (C=O) groups excluding carboxylic acids is 1. The minimum atomic E-state index is -1.42. The lowest BCUT2D eigenvalue weighted by Crippen LogP contribution is -2.49. The highest BCUT2D eigenvalue weighted by Crippen LogP contribution is 2.26. The fourth-order valence-corrected chi connectivity index (χ4v) is 1.53. The van der Waals surface area contributed by atoms with E-state index in [2.05, 4.69) is 11.9 Å². The first-order valence-electron chi connectivity index (χ1n) is 5.58. The standard InChI is InChI=1S/C11H16N2O5/c1-2-5-13(7-3-4-7)11(18)12-8(10(16)17)6-9(14)15/h2,7-8H,1,3-6H2,(H,12,18)(H,14,15)(H,16,17)/t8-/m1/s1. The lowest BCUT2D eigenvalue weighted by Gasteiger charge is -2.23. The number of nitrogens with one attached hydrogen (secondary N) is 1. The van der Waals surface area contributed by atoms with Crippen LogP contribution in [0.15, 0.2) is 12.7 Å². The number of aliphatic carboxylic acids is 2. The smallest absolute Gasteiger partial charge is 0.326 e. The van der Waals surface area contributed by atoms with E-state index < -0.39 is 30.4 Å². The number of carbonyl (C=O) groups is 3. The molecule has 0 bridgehead atoms. The van der Waals surface area contributed by atoms with Crippen LogP contribution >= 0.6 is 0 Å². The molecule has 1 fully saturated rings. The minimum Gasteiger partial charge on any atom is -0.481 e. The molecule has 1 saturated carbocycles. The number of carboxylic acid groups (broad SMARTS) is 2. The Labute approximate surface area is 104 Å². The van der Waals surface area contributed by atoms with Crippen LogP contribution in [0.2, 0.25) is 0 Å². The molecule has 1 atom stereocenters. The number of rotatable bonds is 7. The number of nitrogens with zero attached hydrogens (tertiary/aromatic N) is 1. The van der Waals surface area contributed by atoms with Gasteiger partial charge in [0.05, 0.1) is 6.42 Å². The van der Waals surface area contributed by atoms with E-state index in [0.717, 1.165) is 12.8 Å². The van der Waals surface area contributed by atoms with Gasteiger partial charge in [-0.25, -0.2) is 9.59 Å². The van der Waals surface area contributed by atoms with Crippen molar-refractivity contribution in [3.63, 3.8) is 0 Å². The summed E-state index contributed by atoms with van der Waals surface area (Å²) in [6.07, 6.45) is 2.65. The largest absolute Gasteiger partial charge is 0.481 e. The van der Waals surface area contributed by atoms with Crippen LogP contribution in [0, 0.1) is 0 Å². The Bertz CT molecular complexity index is 364. The van der Waals surface area contributed by atoms with Gasteiger partial charge in [-0.3, -0.25) is 4.79 Å². The number of hydrogen-bond donors (Lipinski definition) is 3. The fourth-order valence-electron chi connectivity index (χ4n) is 1.53. The molecule has 0 aromatic heterocycles. The van der Waals surface area contributed by atoms with Gasteiger partial charge in [-0.2, -0.15) is 0 Å². The van der Waals surface area contributed by atoms with Crippen molar-refractivity contribution in [3.8, 4) is 0 Å². The Morgan fingerprint density at radius 2 is 2.00 bits per heavy atom. The average Bonchev–Trinajstić information content (AvgIpc) is 3.07. The Morgan fingerprint density at radius 1 is 1.39 bits per heavy atom. The summed E-state index contributed by atoms with van der Waals surface area (Å²) in [6.45, 7) is 3.84. The normalized spacial score (nSPS) is 15.6. The topological polar surface area (TPSA) is 107 Å². The van der Waals surface area contributed by atoms with E-state index in [0.29, 0.717) is 6.54 Å². The number of urea groups is 1. The number of hydrogen-bond acceptors (Lipinski definition) is 3. The van der Waals surface area contributed by atoms with Gasteiger partial charge < -0.3 is 20.4 Å². The van der Waals surface area contributed by atoms with Crippen molar-refractivity contribution >= 4 is 18.0 Å². The second-order valence-electron chi connectivity index (χ2n) is 4.11. The van der Waals surface area contributed by atoms with Gasteiger partial charge in [0.2, 0.25) is 0 Å². The summed E-state index contributed by atoms with van der Waals surface area (Å²) in [7, 11) is 0. The first-order valence-corrected chi connectivity index (χ1v) is 5.58. The molecule has 0 heterocycles. The molecule has 0 spiro atoms. The van der Waals surface area contributed by atoms with Gasteiger partial charge in [0.15, 0.2) is 0 Å². The first-order chi connectivity index (χ1) is 8.45. The van der Waals surface area contributed by atoms with E-state index >= 15 is 0 Å². The van der Waals surface area contributed by atoms with E-state index in [1.165, 1.54) is 4.90 Å². The van der Waals surface area contributed by atoms with E-state index in [4.69, 9.17) is 10.2 Å². The molecule has 18 heavy (non-hydrogen) atoms. The Kier molecular flexibility index (Phi) is 4.70.